The minimum absolute atomic E-state index is 0.0647. The van der Waals surface area contributed by atoms with Crippen LogP contribution in [0.1, 0.15) is 42.3 Å². The van der Waals surface area contributed by atoms with Gasteiger partial charge in [0, 0.05) is 11.1 Å². The van der Waals surface area contributed by atoms with Crippen LogP contribution >= 0.6 is 24.0 Å². The normalized spacial score (nSPS) is 16.2. The van der Waals surface area contributed by atoms with E-state index in [9.17, 15) is 22.8 Å². The van der Waals surface area contributed by atoms with Gasteiger partial charge in [0.05, 0.1) is 16.2 Å². The fourth-order valence-electron chi connectivity index (χ4n) is 2.81. The fraction of sp³-hybridized carbons (Fsp3) is 0.227. The second-order valence-electron chi connectivity index (χ2n) is 7.89. The number of carbonyl (C=O) groups is 2. The zero-order chi connectivity index (χ0) is 23.0. The van der Waals surface area contributed by atoms with E-state index >= 15 is 0 Å². The standard InChI is InChI=1S/C22H19F3N2O2S2/c1-21(2,3)26-18(28)14-9-7-13(8-10-14)11-17-19(29)27(20(30)31-17)16-6-4-5-15(12-16)22(23,24)25/h4-12H,1-3H3,(H,26,28)/b17-11+. The lowest BCUT2D eigenvalue weighted by molar-refractivity contribution is -0.137. The smallest absolute Gasteiger partial charge is 0.347 e. The van der Waals surface area contributed by atoms with E-state index in [0.717, 1.165) is 28.8 Å². The van der Waals surface area contributed by atoms with Gasteiger partial charge < -0.3 is 5.32 Å². The predicted octanol–water partition coefficient (Wildman–Crippen LogP) is 5.64. The molecule has 0 aliphatic carbocycles. The third-order valence-electron chi connectivity index (χ3n) is 4.18. The Bertz CT molecular complexity index is 1070. The number of anilines is 1. The van der Waals surface area contributed by atoms with E-state index in [1.807, 2.05) is 20.8 Å². The predicted molar refractivity (Wildman–Crippen MR) is 121 cm³/mol. The Labute approximate surface area is 187 Å². The van der Waals surface area contributed by atoms with E-state index < -0.39 is 17.6 Å². The molecule has 1 aliphatic rings. The number of benzene rings is 2. The highest BCUT2D eigenvalue weighted by Gasteiger charge is 2.36. The molecule has 0 unspecified atom stereocenters. The van der Waals surface area contributed by atoms with E-state index in [4.69, 9.17) is 12.2 Å². The number of thiocarbonyl (C=S) groups is 1. The van der Waals surface area contributed by atoms with Crippen LogP contribution in [0.15, 0.2) is 53.4 Å². The Morgan fingerprint density at radius 3 is 2.32 bits per heavy atom. The lowest BCUT2D eigenvalue weighted by Gasteiger charge is -2.20. The molecule has 0 saturated carbocycles. The van der Waals surface area contributed by atoms with Gasteiger partial charge in [-0.25, -0.2) is 0 Å². The van der Waals surface area contributed by atoms with Gasteiger partial charge in [0.1, 0.15) is 0 Å². The van der Waals surface area contributed by atoms with E-state index in [1.54, 1.807) is 30.3 Å². The van der Waals surface area contributed by atoms with Crippen LogP contribution in [0.3, 0.4) is 0 Å². The van der Waals surface area contributed by atoms with Crippen molar-refractivity contribution in [3.8, 4) is 0 Å². The van der Waals surface area contributed by atoms with Crippen LogP contribution in [0.4, 0.5) is 18.9 Å². The third kappa shape index (κ3) is 5.54. The topological polar surface area (TPSA) is 49.4 Å². The fourth-order valence-corrected chi connectivity index (χ4v) is 4.11. The molecule has 31 heavy (non-hydrogen) atoms. The molecule has 1 saturated heterocycles. The number of rotatable bonds is 3. The minimum Gasteiger partial charge on any atom is -0.347 e. The minimum atomic E-state index is -4.52. The first-order valence-corrected chi connectivity index (χ1v) is 10.5. The summed E-state index contributed by atoms with van der Waals surface area (Å²) in [7, 11) is 0. The summed E-state index contributed by atoms with van der Waals surface area (Å²) in [5, 5.41) is 2.86. The molecule has 3 rings (SSSR count). The van der Waals surface area contributed by atoms with Crippen molar-refractivity contribution < 1.29 is 22.8 Å². The molecule has 1 N–H and O–H groups in total. The van der Waals surface area contributed by atoms with Gasteiger partial charge in [-0.15, -0.1) is 0 Å². The number of halogens is 3. The molecule has 0 radical (unpaired) electrons. The molecule has 1 aliphatic heterocycles. The van der Waals surface area contributed by atoms with E-state index in [2.05, 4.69) is 5.32 Å². The maximum absolute atomic E-state index is 13.0. The lowest BCUT2D eigenvalue weighted by Crippen LogP contribution is -2.40. The number of thioether (sulfide) groups is 1. The van der Waals surface area contributed by atoms with Gasteiger partial charge >= 0.3 is 6.18 Å². The first-order chi connectivity index (χ1) is 14.3. The van der Waals surface area contributed by atoms with Crippen LogP contribution in [0, 0.1) is 0 Å². The quantitative estimate of drug-likeness (QED) is 0.472. The SMILES string of the molecule is CC(C)(C)NC(=O)c1ccc(/C=C2/SC(=S)N(c3cccc(C(F)(F)F)c3)C2=O)cc1. The Balaban J connectivity index is 1.82. The van der Waals surface area contributed by atoms with Crippen molar-refractivity contribution in [2.24, 2.45) is 0 Å². The summed E-state index contributed by atoms with van der Waals surface area (Å²) in [6, 6.07) is 11.1. The molecule has 4 nitrogen and oxygen atoms in total. The summed E-state index contributed by atoms with van der Waals surface area (Å²) in [6.45, 7) is 5.64. The van der Waals surface area contributed by atoms with Crippen LogP contribution in [-0.2, 0) is 11.0 Å². The van der Waals surface area contributed by atoms with Crippen molar-refractivity contribution in [3.05, 3.63) is 70.1 Å². The van der Waals surface area contributed by atoms with Gasteiger partial charge in [-0.05, 0) is 62.7 Å². The highest BCUT2D eigenvalue weighted by atomic mass is 32.2. The van der Waals surface area contributed by atoms with Crippen molar-refractivity contribution in [3.63, 3.8) is 0 Å². The summed E-state index contributed by atoms with van der Waals surface area (Å²) in [5.41, 5.74) is -0.0183. The Morgan fingerprint density at radius 1 is 1.10 bits per heavy atom. The zero-order valence-electron chi connectivity index (χ0n) is 16.9. The van der Waals surface area contributed by atoms with E-state index in [-0.39, 0.29) is 26.4 Å². The van der Waals surface area contributed by atoms with Crippen molar-refractivity contribution in [2.75, 3.05) is 4.90 Å². The van der Waals surface area contributed by atoms with Crippen LogP contribution in [0.2, 0.25) is 0 Å². The molecule has 162 valence electrons. The molecular weight excluding hydrogens is 445 g/mol. The summed E-state index contributed by atoms with van der Waals surface area (Å²) < 4.78 is 39.2. The van der Waals surface area contributed by atoms with Gasteiger partial charge in [0.15, 0.2) is 4.32 Å². The average Bonchev–Trinajstić information content (AvgIpc) is 2.93. The molecule has 2 amide bonds. The molecule has 0 aromatic heterocycles. The summed E-state index contributed by atoms with van der Waals surface area (Å²) in [4.78, 5) is 26.4. The number of alkyl halides is 3. The largest absolute Gasteiger partial charge is 0.416 e. The second kappa shape index (κ2) is 8.47. The maximum atomic E-state index is 13.0. The first-order valence-electron chi connectivity index (χ1n) is 9.23. The van der Waals surface area contributed by atoms with Gasteiger partial charge in [-0.1, -0.05) is 42.2 Å². The van der Waals surface area contributed by atoms with Gasteiger partial charge in [-0.2, -0.15) is 13.2 Å². The number of nitrogens with zero attached hydrogens (tertiary/aromatic N) is 1. The molecule has 1 fully saturated rings. The van der Waals surface area contributed by atoms with Crippen molar-refractivity contribution in [2.45, 2.75) is 32.5 Å². The maximum Gasteiger partial charge on any atom is 0.416 e. The first kappa shape index (κ1) is 23.0. The molecule has 0 spiro atoms. The number of hydrogen-bond acceptors (Lipinski definition) is 4. The van der Waals surface area contributed by atoms with Crippen LogP contribution in [-0.4, -0.2) is 21.7 Å². The Kier molecular flexibility index (Phi) is 6.29. The molecule has 0 bridgehead atoms. The van der Waals surface area contributed by atoms with E-state index in [0.29, 0.717) is 11.1 Å². The van der Waals surface area contributed by atoms with Crippen LogP contribution in [0.25, 0.3) is 6.08 Å². The monoisotopic (exact) mass is 464 g/mol. The summed E-state index contributed by atoms with van der Waals surface area (Å²) in [6.07, 6.45) is -2.93. The van der Waals surface area contributed by atoms with Gasteiger partial charge in [-0.3, -0.25) is 14.5 Å². The Morgan fingerprint density at radius 2 is 1.74 bits per heavy atom. The number of hydrogen-bond donors (Lipinski definition) is 1. The van der Waals surface area contributed by atoms with E-state index in [1.165, 1.54) is 12.1 Å². The number of amides is 2. The highest BCUT2D eigenvalue weighted by molar-refractivity contribution is 8.27. The van der Waals surface area contributed by atoms with Gasteiger partial charge in [0.25, 0.3) is 11.8 Å². The van der Waals surface area contributed by atoms with Crippen LogP contribution in [0.5, 0.6) is 0 Å². The molecule has 2 aromatic carbocycles. The van der Waals surface area contributed by atoms with Crippen LogP contribution < -0.4 is 10.2 Å². The lowest BCUT2D eigenvalue weighted by atomic mass is 10.1. The number of carbonyl (C=O) groups excluding carboxylic acids is 2. The van der Waals surface area contributed by atoms with Gasteiger partial charge in [0.2, 0.25) is 0 Å². The summed E-state index contributed by atoms with van der Waals surface area (Å²) in [5.74, 6) is -0.709. The molecule has 0 atom stereocenters. The third-order valence-corrected chi connectivity index (χ3v) is 5.49. The molecule has 9 heteroatoms. The highest BCUT2D eigenvalue weighted by Crippen LogP contribution is 2.38. The second-order valence-corrected chi connectivity index (χ2v) is 9.57. The zero-order valence-corrected chi connectivity index (χ0v) is 18.5. The molecule has 2 aromatic rings. The average molecular weight is 465 g/mol. The Hall–Kier alpha value is -2.65. The molecular formula is C22H19F3N2O2S2. The summed E-state index contributed by atoms with van der Waals surface area (Å²) >= 11 is 6.24. The molecule has 1 heterocycles. The van der Waals surface area contributed by atoms with Crippen molar-refractivity contribution in [1.29, 1.82) is 0 Å². The number of nitrogens with one attached hydrogen (secondary N) is 1. The van der Waals surface area contributed by atoms with Crippen molar-refractivity contribution in [1.82, 2.24) is 5.32 Å². The van der Waals surface area contributed by atoms with Crippen molar-refractivity contribution >= 4 is 51.9 Å².